The van der Waals surface area contributed by atoms with Crippen molar-refractivity contribution in [2.75, 3.05) is 0 Å². The van der Waals surface area contributed by atoms with Crippen molar-refractivity contribution in [1.82, 2.24) is 0 Å². The van der Waals surface area contributed by atoms with Crippen molar-refractivity contribution >= 4 is 0 Å². The molecule has 0 spiro atoms. The molecule has 0 fully saturated rings. The van der Waals surface area contributed by atoms with Crippen LogP contribution < -0.4 is 0 Å². The molecule has 1 radical (unpaired) electrons. The van der Waals surface area contributed by atoms with Crippen molar-refractivity contribution in [2.24, 2.45) is 0 Å². The summed E-state index contributed by atoms with van der Waals surface area (Å²) in [5, 5.41) is 0. The molecule has 59 valence electrons. The van der Waals surface area contributed by atoms with Gasteiger partial charge in [0, 0.05) is 0 Å². The lowest BCUT2D eigenvalue weighted by Gasteiger charge is -1.79. The first-order valence-corrected chi connectivity index (χ1v) is 3.95. The van der Waals surface area contributed by atoms with Crippen LogP contribution in [-0.4, -0.2) is 0 Å². The fraction of sp³-hybridized carbons (Fsp3) is 0.273. The van der Waals surface area contributed by atoms with Crippen molar-refractivity contribution < 1.29 is 0 Å². The quantitative estimate of drug-likeness (QED) is 0.522. The molecule has 11 heavy (non-hydrogen) atoms. The lowest BCUT2D eigenvalue weighted by molar-refractivity contribution is 0.959. The first-order chi connectivity index (χ1) is 5.41. The maximum atomic E-state index is 5.13. The van der Waals surface area contributed by atoms with Crippen molar-refractivity contribution in [2.45, 2.75) is 19.8 Å². The zero-order valence-corrected chi connectivity index (χ0v) is 7.03. The van der Waals surface area contributed by atoms with Crippen molar-refractivity contribution in [3.05, 3.63) is 49.1 Å². The molecule has 0 aliphatic heterocycles. The van der Waals surface area contributed by atoms with Crippen LogP contribution in [0.1, 0.15) is 19.8 Å². The van der Waals surface area contributed by atoms with Crippen LogP contribution in [0.15, 0.2) is 42.5 Å². The third kappa shape index (κ3) is 8.96. The van der Waals surface area contributed by atoms with E-state index in [1.54, 1.807) is 6.08 Å². The molecule has 0 aromatic rings. The molecule has 0 aromatic carbocycles. The van der Waals surface area contributed by atoms with Gasteiger partial charge in [-0.2, -0.15) is 0 Å². The van der Waals surface area contributed by atoms with Crippen LogP contribution in [0.3, 0.4) is 0 Å². The Morgan fingerprint density at radius 3 is 2.27 bits per heavy atom. The fourth-order valence-corrected chi connectivity index (χ4v) is 0.598. The third-order valence-electron chi connectivity index (χ3n) is 1.15. The highest BCUT2D eigenvalue weighted by atomic mass is 13.7. The van der Waals surface area contributed by atoms with Gasteiger partial charge in [0.15, 0.2) is 0 Å². The second kappa shape index (κ2) is 8.96. The summed E-state index contributed by atoms with van der Waals surface area (Å²) in [5.74, 6) is 0. The van der Waals surface area contributed by atoms with E-state index in [1.807, 2.05) is 24.3 Å². The third-order valence-corrected chi connectivity index (χ3v) is 1.15. The molecule has 0 aliphatic rings. The van der Waals surface area contributed by atoms with Gasteiger partial charge in [0.2, 0.25) is 0 Å². The van der Waals surface area contributed by atoms with Gasteiger partial charge in [0.25, 0.3) is 0 Å². The Labute approximate surface area is 69.6 Å². The monoisotopic (exact) mass is 147 g/mol. The lowest BCUT2D eigenvalue weighted by atomic mass is 10.3. The summed E-state index contributed by atoms with van der Waals surface area (Å²) in [6, 6.07) is 0. The Morgan fingerprint density at radius 1 is 1.00 bits per heavy atom. The Bertz CT molecular complexity index is 159. The Hall–Kier alpha value is -1.04. The first kappa shape index (κ1) is 9.96. The maximum absolute atomic E-state index is 5.13. The van der Waals surface area contributed by atoms with Crippen LogP contribution in [0.4, 0.5) is 0 Å². The molecule has 0 nitrogen and oxygen atoms in total. The first-order valence-electron chi connectivity index (χ1n) is 3.95. The standard InChI is InChI=1S/C11H15/c1-3-5-7-9-11-10-8-6-4-2/h1,3,5,7-11H,4,6H2,2H3. The predicted octanol–water partition coefficient (Wildman–Crippen LogP) is 3.44. The summed E-state index contributed by atoms with van der Waals surface area (Å²) in [7, 11) is 0. The van der Waals surface area contributed by atoms with Crippen LogP contribution in [0, 0.1) is 6.58 Å². The molecule has 0 heteroatoms. The Balaban J connectivity index is 3.42. The number of hydrogen-bond donors (Lipinski definition) is 0. The zero-order chi connectivity index (χ0) is 8.36. The van der Waals surface area contributed by atoms with E-state index in [4.69, 9.17) is 6.58 Å². The molecule has 0 saturated carbocycles. The fourth-order valence-electron chi connectivity index (χ4n) is 0.598. The summed E-state index contributed by atoms with van der Waals surface area (Å²) in [6.45, 7) is 7.29. The van der Waals surface area contributed by atoms with E-state index >= 15 is 0 Å². The Kier molecular flexibility index (Phi) is 8.11. The summed E-state index contributed by atoms with van der Waals surface area (Å²) in [6.07, 6.45) is 15.7. The van der Waals surface area contributed by atoms with Crippen molar-refractivity contribution in [3.63, 3.8) is 0 Å². The number of hydrogen-bond acceptors (Lipinski definition) is 0. The van der Waals surface area contributed by atoms with E-state index in [2.05, 4.69) is 13.0 Å². The molecule has 0 bridgehead atoms. The normalized spacial score (nSPS) is 12.1. The second-order valence-electron chi connectivity index (χ2n) is 2.18. The molecule has 0 aromatic heterocycles. The lowest BCUT2D eigenvalue weighted by Crippen LogP contribution is -1.58. The molecule has 0 atom stereocenters. The molecular formula is C11H15. The summed E-state index contributed by atoms with van der Waals surface area (Å²) < 4.78 is 0. The highest BCUT2D eigenvalue weighted by molar-refractivity contribution is 5.13. The van der Waals surface area contributed by atoms with Crippen molar-refractivity contribution in [3.8, 4) is 0 Å². The average Bonchev–Trinajstić information content (AvgIpc) is 2.03. The predicted molar refractivity (Wildman–Crippen MR) is 51.2 cm³/mol. The highest BCUT2D eigenvalue weighted by Gasteiger charge is 1.68. The van der Waals surface area contributed by atoms with Gasteiger partial charge in [-0.05, 0) is 6.42 Å². The number of rotatable bonds is 5. The molecule has 0 heterocycles. The molecule has 0 N–H and O–H groups in total. The van der Waals surface area contributed by atoms with Crippen LogP contribution in [0.25, 0.3) is 0 Å². The van der Waals surface area contributed by atoms with Crippen LogP contribution in [0.5, 0.6) is 0 Å². The van der Waals surface area contributed by atoms with Gasteiger partial charge < -0.3 is 0 Å². The van der Waals surface area contributed by atoms with Crippen LogP contribution >= 0.6 is 0 Å². The summed E-state index contributed by atoms with van der Waals surface area (Å²) in [5.41, 5.74) is 0. The van der Waals surface area contributed by atoms with Crippen LogP contribution in [0.2, 0.25) is 0 Å². The molecular weight excluding hydrogens is 132 g/mol. The Morgan fingerprint density at radius 2 is 1.64 bits per heavy atom. The van der Waals surface area contributed by atoms with Crippen LogP contribution in [-0.2, 0) is 0 Å². The molecule has 0 rings (SSSR count). The minimum atomic E-state index is 1.15. The van der Waals surface area contributed by atoms with E-state index in [1.165, 1.54) is 12.5 Å². The molecule has 0 aliphatic carbocycles. The largest absolute Gasteiger partial charge is 0.0845 e. The number of unbranched alkanes of at least 4 members (excludes halogenated alkanes) is 1. The maximum Gasteiger partial charge on any atom is -0.0350 e. The van der Waals surface area contributed by atoms with Gasteiger partial charge in [-0.15, -0.1) is 0 Å². The van der Waals surface area contributed by atoms with E-state index in [9.17, 15) is 0 Å². The second-order valence-corrected chi connectivity index (χ2v) is 2.18. The topological polar surface area (TPSA) is 0 Å². The van der Waals surface area contributed by atoms with Gasteiger partial charge in [0.1, 0.15) is 0 Å². The zero-order valence-electron chi connectivity index (χ0n) is 7.03. The molecule has 0 unspecified atom stereocenters. The minimum Gasteiger partial charge on any atom is -0.0845 e. The van der Waals surface area contributed by atoms with Gasteiger partial charge in [0.05, 0.1) is 0 Å². The van der Waals surface area contributed by atoms with Gasteiger partial charge in [-0.25, -0.2) is 0 Å². The summed E-state index contributed by atoms with van der Waals surface area (Å²) >= 11 is 0. The van der Waals surface area contributed by atoms with Gasteiger partial charge >= 0.3 is 0 Å². The SMILES string of the molecule is [CH]=CC=CC=CC=CCCC. The number of allylic oxidation sites excluding steroid dienone is 7. The van der Waals surface area contributed by atoms with E-state index in [-0.39, 0.29) is 0 Å². The minimum absolute atomic E-state index is 1.15. The van der Waals surface area contributed by atoms with E-state index in [0.717, 1.165) is 6.42 Å². The average molecular weight is 147 g/mol. The summed E-state index contributed by atoms with van der Waals surface area (Å²) in [4.78, 5) is 0. The van der Waals surface area contributed by atoms with Crippen molar-refractivity contribution in [1.29, 1.82) is 0 Å². The van der Waals surface area contributed by atoms with Gasteiger partial charge in [-0.3, -0.25) is 0 Å². The van der Waals surface area contributed by atoms with E-state index in [0.29, 0.717) is 0 Å². The van der Waals surface area contributed by atoms with Gasteiger partial charge in [-0.1, -0.05) is 62.5 Å². The van der Waals surface area contributed by atoms with E-state index < -0.39 is 0 Å². The molecule has 0 amide bonds. The smallest absolute Gasteiger partial charge is 0.0350 e. The molecule has 0 saturated heterocycles. The highest BCUT2D eigenvalue weighted by Crippen LogP contribution is 1.88.